The van der Waals surface area contributed by atoms with Gasteiger partial charge in [0.2, 0.25) is 0 Å². The van der Waals surface area contributed by atoms with Crippen LogP contribution >= 0.6 is 22.9 Å². The summed E-state index contributed by atoms with van der Waals surface area (Å²) in [5.74, 6) is 0. The van der Waals surface area contributed by atoms with Gasteiger partial charge < -0.3 is 10.7 Å². The van der Waals surface area contributed by atoms with Crippen molar-refractivity contribution in [2.45, 2.75) is 10.1 Å². The van der Waals surface area contributed by atoms with Crippen LogP contribution in [0.25, 0.3) is 11.0 Å². The molecule has 132 valence electrons. The molecular formula is C17H13ClN4O2S2. The maximum absolute atomic E-state index is 13.5. The molecule has 0 spiro atoms. The Kier molecular flexibility index (Phi) is 4.18. The number of pyridine rings is 1. The van der Waals surface area contributed by atoms with Gasteiger partial charge in [-0.2, -0.15) is 0 Å². The number of nitrogens with one attached hydrogen (secondary N) is 1. The molecule has 0 amide bonds. The zero-order chi connectivity index (χ0) is 18.3. The molecule has 0 aliphatic carbocycles. The fourth-order valence-corrected chi connectivity index (χ4v) is 6.29. The van der Waals surface area contributed by atoms with E-state index in [4.69, 9.17) is 17.3 Å². The fourth-order valence-electron chi connectivity index (χ4n) is 2.88. The lowest BCUT2D eigenvalue weighted by molar-refractivity contribution is 0.590. The van der Waals surface area contributed by atoms with Crippen molar-refractivity contribution in [3.63, 3.8) is 0 Å². The Hall–Kier alpha value is -2.42. The van der Waals surface area contributed by atoms with Gasteiger partial charge in [0.15, 0.2) is 15.0 Å². The summed E-state index contributed by atoms with van der Waals surface area (Å²) in [6.07, 6.45) is 3.29. The van der Waals surface area contributed by atoms with E-state index in [1.807, 2.05) is 6.07 Å². The molecule has 4 aromatic rings. The van der Waals surface area contributed by atoms with Gasteiger partial charge in [0.25, 0.3) is 0 Å². The summed E-state index contributed by atoms with van der Waals surface area (Å²) in [4.78, 5) is 11.9. The predicted molar refractivity (Wildman–Crippen MR) is 103 cm³/mol. The maximum Gasteiger partial charge on any atom is 0.190 e. The topological polar surface area (TPSA) is 102 Å². The first-order valence-electron chi connectivity index (χ1n) is 7.61. The normalized spacial score (nSPS) is 13.1. The Morgan fingerprint density at radius 2 is 1.92 bits per heavy atom. The van der Waals surface area contributed by atoms with Crippen LogP contribution in [0.15, 0.2) is 59.8 Å². The fraction of sp³-hybridized carbons (Fsp3) is 0.0588. The number of nitrogens with two attached hydrogens (primary N) is 1. The standard InChI is InChI=1S/C17H13ClN4O2S2/c18-15-13(25-17(19)22-15)14(26(23,24)10-5-2-1-3-6-10)12-9-21-16-11(12)7-4-8-20-16/h1-9,14H,(H2,19,22)(H,20,21). The van der Waals surface area contributed by atoms with Gasteiger partial charge in [-0.3, -0.25) is 0 Å². The average Bonchev–Trinajstić information content (AvgIpc) is 3.19. The molecule has 0 fully saturated rings. The number of rotatable bonds is 4. The lowest BCUT2D eigenvalue weighted by Gasteiger charge is -2.16. The van der Waals surface area contributed by atoms with E-state index >= 15 is 0 Å². The summed E-state index contributed by atoms with van der Waals surface area (Å²) in [7, 11) is -3.80. The van der Waals surface area contributed by atoms with Crippen LogP contribution in [-0.4, -0.2) is 23.4 Å². The molecule has 26 heavy (non-hydrogen) atoms. The summed E-state index contributed by atoms with van der Waals surface area (Å²) in [5, 5.41) is -0.0170. The number of aromatic nitrogens is 3. The quantitative estimate of drug-likeness (QED) is 0.538. The average molecular weight is 405 g/mol. The molecule has 3 aromatic heterocycles. The molecule has 9 heteroatoms. The monoisotopic (exact) mass is 404 g/mol. The smallest absolute Gasteiger partial charge is 0.190 e. The van der Waals surface area contributed by atoms with E-state index in [0.29, 0.717) is 21.5 Å². The number of nitrogen functional groups attached to an aromatic ring is 1. The first-order valence-corrected chi connectivity index (χ1v) is 10.3. The molecule has 1 atom stereocenters. The first-order chi connectivity index (χ1) is 12.5. The minimum atomic E-state index is -3.80. The van der Waals surface area contributed by atoms with E-state index in [-0.39, 0.29) is 15.2 Å². The highest BCUT2D eigenvalue weighted by molar-refractivity contribution is 7.92. The maximum atomic E-state index is 13.5. The number of thiazole rings is 1. The zero-order valence-electron chi connectivity index (χ0n) is 13.3. The highest BCUT2D eigenvalue weighted by Gasteiger charge is 2.36. The van der Waals surface area contributed by atoms with Gasteiger partial charge in [0.05, 0.1) is 9.77 Å². The van der Waals surface area contributed by atoms with E-state index in [1.165, 1.54) is 0 Å². The molecule has 3 N–H and O–H groups in total. The molecule has 0 saturated heterocycles. The second kappa shape index (κ2) is 6.39. The van der Waals surface area contributed by atoms with Gasteiger partial charge in [-0.15, -0.1) is 0 Å². The molecule has 4 rings (SSSR count). The van der Waals surface area contributed by atoms with Crippen LogP contribution in [0.4, 0.5) is 5.13 Å². The summed E-state index contributed by atoms with van der Waals surface area (Å²) < 4.78 is 27.0. The molecule has 0 aliphatic heterocycles. The molecule has 0 radical (unpaired) electrons. The number of halogens is 1. The number of nitrogens with zero attached hydrogens (tertiary/aromatic N) is 2. The molecule has 1 unspecified atom stereocenters. The summed E-state index contributed by atoms with van der Waals surface area (Å²) in [5.41, 5.74) is 6.93. The van der Waals surface area contributed by atoms with Crippen molar-refractivity contribution in [2.75, 3.05) is 5.73 Å². The predicted octanol–water partition coefficient (Wildman–Crippen LogP) is 3.82. The van der Waals surface area contributed by atoms with E-state index in [1.54, 1.807) is 48.8 Å². The van der Waals surface area contributed by atoms with Gasteiger partial charge in [-0.25, -0.2) is 18.4 Å². The van der Waals surface area contributed by atoms with E-state index < -0.39 is 15.1 Å². The minimum absolute atomic E-state index is 0.0928. The summed E-state index contributed by atoms with van der Waals surface area (Å²) in [6, 6.07) is 11.8. The molecule has 3 heterocycles. The zero-order valence-corrected chi connectivity index (χ0v) is 15.6. The lowest BCUT2D eigenvalue weighted by atomic mass is 10.1. The molecule has 0 saturated carbocycles. The SMILES string of the molecule is Nc1nc(Cl)c(C(c2c[nH]c3ncccc23)S(=O)(=O)c2ccccc2)s1. The lowest BCUT2D eigenvalue weighted by Crippen LogP contribution is -2.14. The number of H-pyrrole nitrogens is 1. The van der Waals surface area contributed by atoms with Crippen molar-refractivity contribution >= 4 is 48.9 Å². The number of aromatic amines is 1. The van der Waals surface area contributed by atoms with Crippen LogP contribution in [0.2, 0.25) is 5.15 Å². The molecule has 0 aliphatic rings. The van der Waals surface area contributed by atoms with Crippen LogP contribution in [-0.2, 0) is 9.84 Å². The van der Waals surface area contributed by atoms with E-state index in [0.717, 1.165) is 11.3 Å². The second-order valence-electron chi connectivity index (χ2n) is 5.59. The highest BCUT2D eigenvalue weighted by atomic mass is 35.5. The van der Waals surface area contributed by atoms with E-state index in [9.17, 15) is 8.42 Å². The second-order valence-corrected chi connectivity index (χ2v) is 9.04. The third kappa shape index (κ3) is 2.76. The van der Waals surface area contributed by atoms with Crippen molar-refractivity contribution < 1.29 is 8.42 Å². The number of hydrogen-bond donors (Lipinski definition) is 2. The van der Waals surface area contributed by atoms with Crippen LogP contribution in [0.1, 0.15) is 15.7 Å². The Morgan fingerprint density at radius 3 is 2.62 bits per heavy atom. The van der Waals surface area contributed by atoms with Gasteiger partial charge >= 0.3 is 0 Å². The van der Waals surface area contributed by atoms with Crippen LogP contribution in [0.3, 0.4) is 0 Å². The largest absolute Gasteiger partial charge is 0.375 e. The number of sulfone groups is 1. The van der Waals surface area contributed by atoms with Crippen LogP contribution in [0, 0.1) is 0 Å². The van der Waals surface area contributed by atoms with Gasteiger partial charge in [-0.05, 0) is 24.3 Å². The Morgan fingerprint density at radius 1 is 1.15 bits per heavy atom. The molecular weight excluding hydrogens is 392 g/mol. The Balaban J connectivity index is 2.01. The first kappa shape index (κ1) is 17.0. The summed E-state index contributed by atoms with van der Waals surface area (Å²) >= 11 is 7.30. The summed E-state index contributed by atoms with van der Waals surface area (Å²) in [6.45, 7) is 0. The Labute approximate surface area is 158 Å². The Bertz CT molecular complexity index is 1190. The van der Waals surface area contributed by atoms with E-state index in [2.05, 4.69) is 15.0 Å². The number of anilines is 1. The third-order valence-corrected chi connectivity index (χ3v) is 7.55. The number of benzene rings is 1. The van der Waals surface area contributed by atoms with Crippen LogP contribution < -0.4 is 5.73 Å². The van der Waals surface area contributed by atoms with Crippen LogP contribution in [0.5, 0.6) is 0 Å². The molecule has 6 nitrogen and oxygen atoms in total. The van der Waals surface area contributed by atoms with Crippen molar-refractivity contribution in [2.24, 2.45) is 0 Å². The van der Waals surface area contributed by atoms with Gasteiger partial charge in [0.1, 0.15) is 16.1 Å². The van der Waals surface area contributed by atoms with Crippen molar-refractivity contribution in [3.8, 4) is 0 Å². The molecule has 1 aromatic carbocycles. The minimum Gasteiger partial charge on any atom is -0.375 e. The van der Waals surface area contributed by atoms with Gasteiger partial charge in [-0.1, -0.05) is 41.1 Å². The third-order valence-electron chi connectivity index (χ3n) is 4.01. The number of fused-ring (bicyclic) bond motifs is 1. The number of hydrogen-bond acceptors (Lipinski definition) is 6. The van der Waals surface area contributed by atoms with Gasteiger partial charge in [0, 0.05) is 23.3 Å². The van der Waals surface area contributed by atoms with Crippen molar-refractivity contribution in [1.29, 1.82) is 0 Å². The van der Waals surface area contributed by atoms with Crippen molar-refractivity contribution in [3.05, 3.63) is 70.5 Å². The molecule has 0 bridgehead atoms. The van der Waals surface area contributed by atoms with Crippen molar-refractivity contribution in [1.82, 2.24) is 15.0 Å². The highest BCUT2D eigenvalue weighted by Crippen LogP contribution is 2.43.